The molecule has 0 amide bonds. The van der Waals surface area contributed by atoms with Crippen molar-refractivity contribution in [3.05, 3.63) is 83.4 Å². The van der Waals surface area contributed by atoms with Crippen molar-refractivity contribution in [2.45, 2.75) is 25.8 Å². The topological polar surface area (TPSA) is 82.3 Å². The summed E-state index contributed by atoms with van der Waals surface area (Å²) in [7, 11) is 0. The van der Waals surface area contributed by atoms with Crippen LogP contribution in [0.4, 0.5) is 11.8 Å². The van der Waals surface area contributed by atoms with Gasteiger partial charge in [0.05, 0.1) is 5.69 Å². The molecule has 6 heteroatoms. The third-order valence-corrected chi connectivity index (χ3v) is 6.53. The molecule has 0 spiro atoms. The maximum atomic E-state index is 6.08. The molecule has 2 aliphatic rings. The minimum absolute atomic E-state index is 0.0685. The van der Waals surface area contributed by atoms with E-state index in [1.54, 1.807) is 0 Å². The highest BCUT2D eigenvalue weighted by Gasteiger charge is 2.35. The first-order valence-electron chi connectivity index (χ1n) is 11.0. The van der Waals surface area contributed by atoms with Crippen LogP contribution in [-0.2, 0) is 12.0 Å². The highest BCUT2D eigenvalue weighted by Crippen LogP contribution is 2.49. The Balaban J connectivity index is 1.30. The summed E-state index contributed by atoms with van der Waals surface area (Å²) < 4.78 is 10.9. The quantitative estimate of drug-likeness (QED) is 0.447. The number of nitrogens with zero attached hydrogens (tertiary/aromatic N) is 2. The molecule has 6 nitrogen and oxygen atoms in total. The smallest absolute Gasteiger partial charge is 0.231 e. The highest BCUT2D eigenvalue weighted by molar-refractivity contribution is 5.83. The summed E-state index contributed by atoms with van der Waals surface area (Å²) in [6, 6.07) is 23.0. The molecule has 1 aliphatic heterocycles. The molecule has 0 saturated heterocycles. The van der Waals surface area contributed by atoms with E-state index in [1.165, 1.54) is 22.3 Å². The van der Waals surface area contributed by atoms with E-state index >= 15 is 0 Å². The molecule has 0 bridgehead atoms. The van der Waals surface area contributed by atoms with Crippen LogP contribution in [0.5, 0.6) is 11.5 Å². The van der Waals surface area contributed by atoms with Crippen molar-refractivity contribution >= 4 is 11.8 Å². The molecule has 0 saturated carbocycles. The van der Waals surface area contributed by atoms with E-state index in [4.69, 9.17) is 15.2 Å². The monoisotopic (exact) mass is 436 g/mol. The number of benzene rings is 3. The lowest BCUT2D eigenvalue weighted by Crippen LogP contribution is -2.15. The molecule has 3 N–H and O–H groups in total. The Labute approximate surface area is 192 Å². The number of rotatable bonds is 4. The molecule has 3 aromatic carbocycles. The average Bonchev–Trinajstić information content (AvgIpc) is 3.38. The van der Waals surface area contributed by atoms with Crippen molar-refractivity contribution in [2.75, 3.05) is 17.8 Å². The first-order valence-corrected chi connectivity index (χ1v) is 11.0. The minimum atomic E-state index is -0.0685. The third-order valence-electron chi connectivity index (χ3n) is 6.53. The number of nitrogens with two attached hydrogens (primary N) is 1. The zero-order valence-corrected chi connectivity index (χ0v) is 18.6. The van der Waals surface area contributed by atoms with Crippen molar-refractivity contribution in [1.82, 2.24) is 9.97 Å². The number of nitrogen functional groups attached to an aromatic ring is 1. The molecule has 0 fully saturated rings. The lowest BCUT2D eigenvalue weighted by molar-refractivity contribution is 0.174. The van der Waals surface area contributed by atoms with Crippen molar-refractivity contribution in [3.63, 3.8) is 0 Å². The van der Waals surface area contributed by atoms with Crippen LogP contribution in [0.25, 0.3) is 22.4 Å². The maximum Gasteiger partial charge on any atom is 0.231 e. The van der Waals surface area contributed by atoms with Crippen LogP contribution in [0.2, 0.25) is 0 Å². The van der Waals surface area contributed by atoms with Gasteiger partial charge in [-0.2, -0.15) is 4.98 Å². The largest absolute Gasteiger partial charge is 0.454 e. The number of hydrogen-bond acceptors (Lipinski definition) is 6. The van der Waals surface area contributed by atoms with Crippen LogP contribution in [-0.4, -0.2) is 16.8 Å². The molecule has 0 atom stereocenters. The van der Waals surface area contributed by atoms with Crippen LogP contribution in [0.15, 0.2) is 66.7 Å². The third kappa shape index (κ3) is 3.26. The standard InChI is InChI=1S/C27H24N4O2/c1-27(2)20-6-4-3-5-18(20)19-9-8-17(12-21(19)27)22-13-25(31-26(28)30-22)29-14-16-7-10-23-24(11-16)33-15-32-23/h3-13H,14-15H2,1-2H3,(H3,28,29,30,31). The van der Waals surface area contributed by atoms with E-state index in [-0.39, 0.29) is 18.2 Å². The SMILES string of the molecule is CC1(C)c2ccccc2-c2ccc(-c3cc(NCc4ccc5c(c4)OCO5)nc(N)n3)cc21. The summed E-state index contributed by atoms with van der Waals surface area (Å²) in [4.78, 5) is 8.90. The lowest BCUT2D eigenvalue weighted by Gasteiger charge is -2.22. The van der Waals surface area contributed by atoms with Crippen molar-refractivity contribution < 1.29 is 9.47 Å². The minimum Gasteiger partial charge on any atom is -0.454 e. The maximum absolute atomic E-state index is 6.08. The predicted molar refractivity (Wildman–Crippen MR) is 129 cm³/mol. The van der Waals surface area contributed by atoms with E-state index in [1.807, 2.05) is 24.3 Å². The molecule has 2 heterocycles. The van der Waals surface area contributed by atoms with Gasteiger partial charge in [-0.1, -0.05) is 56.3 Å². The predicted octanol–water partition coefficient (Wildman–Crippen LogP) is 5.37. The molecule has 1 aromatic heterocycles. The fourth-order valence-electron chi connectivity index (χ4n) is 4.81. The van der Waals surface area contributed by atoms with Crippen LogP contribution < -0.4 is 20.5 Å². The van der Waals surface area contributed by atoms with Crippen molar-refractivity contribution in [1.29, 1.82) is 0 Å². The summed E-state index contributed by atoms with van der Waals surface area (Å²) in [5, 5.41) is 3.36. The van der Waals surface area contributed by atoms with Gasteiger partial charge in [0.25, 0.3) is 0 Å². The lowest BCUT2D eigenvalue weighted by atomic mass is 9.82. The van der Waals surface area contributed by atoms with Gasteiger partial charge >= 0.3 is 0 Å². The fourth-order valence-corrected chi connectivity index (χ4v) is 4.81. The number of fused-ring (bicyclic) bond motifs is 4. The Kier molecular flexibility index (Phi) is 4.30. The Hall–Kier alpha value is -4.06. The molecule has 1 aliphatic carbocycles. The van der Waals surface area contributed by atoms with Gasteiger partial charge in [0.1, 0.15) is 5.82 Å². The van der Waals surface area contributed by atoms with Gasteiger partial charge in [0.15, 0.2) is 11.5 Å². The molecule has 0 unspecified atom stereocenters. The Morgan fingerprint density at radius 2 is 1.70 bits per heavy atom. The summed E-state index contributed by atoms with van der Waals surface area (Å²) in [5.41, 5.74) is 14.1. The van der Waals surface area contributed by atoms with Crippen LogP contribution in [0.3, 0.4) is 0 Å². The molecule has 0 radical (unpaired) electrons. The van der Waals surface area contributed by atoms with Gasteiger partial charge in [-0.25, -0.2) is 4.98 Å². The number of aromatic nitrogens is 2. The number of nitrogens with one attached hydrogen (secondary N) is 1. The molecule has 4 aromatic rings. The van der Waals surface area contributed by atoms with E-state index in [0.29, 0.717) is 12.4 Å². The zero-order chi connectivity index (χ0) is 22.6. The summed E-state index contributed by atoms with van der Waals surface area (Å²) in [6.45, 7) is 5.39. The number of anilines is 2. The Bertz CT molecular complexity index is 1400. The molecular formula is C27H24N4O2. The first kappa shape index (κ1) is 19.6. The number of ether oxygens (including phenoxy) is 2. The summed E-state index contributed by atoms with van der Waals surface area (Å²) >= 11 is 0. The van der Waals surface area contributed by atoms with Crippen LogP contribution >= 0.6 is 0 Å². The second kappa shape index (κ2) is 7.24. The second-order valence-electron chi connectivity index (χ2n) is 8.97. The molecule has 6 rings (SSSR count). The van der Waals surface area contributed by atoms with E-state index in [2.05, 4.69) is 71.6 Å². The summed E-state index contributed by atoms with van der Waals surface area (Å²) in [5.74, 6) is 2.45. The van der Waals surface area contributed by atoms with Gasteiger partial charge in [0, 0.05) is 23.6 Å². The molecule has 164 valence electrons. The Morgan fingerprint density at radius 1 is 0.879 bits per heavy atom. The van der Waals surface area contributed by atoms with E-state index in [9.17, 15) is 0 Å². The summed E-state index contributed by atoms with van der Waals surface area (Å²) in [6.07, 6.45) is 0. The van der Waals surface area contributed by atoms with Gasteiger partial charge in [-0.3, -0.25) is 0 Å². The second-order valence-corrected chi connectivity index (χ2v) is 8.97. The van der Waals surface area contributed by atoms with E-state index < -0.39 is 0 Å². The zero-order valence-electron chi connectivity index (χ0n) is 18.6. The van der Waals surface area contributed by atoms with Gasteiger partial charge in [0.2, 0.25) is 12.7 Å². The molecule has 33 heavy (non-hydrogen) atoms. The van der Waals surface area contributed by atoms with Crippen LogP contribution in [0, 0.1) is 0 Å². The molecular weight excluding hydrogens is 412 g/mol. The average molecular weight is 437 g/mol. The fraction of sp³-hybridized carbons (Fsp3) is 0.185. The Morgan fingerprint density at radius 3 is 2.61 bits per heavy atom. The van der Waals surface area contributed by atoms with Crippen molar-refractivity contribution in [3.8, 4) is 33.9 Å². The first-order chi connectivity index (χ1) is 16.0. The normalized spacial score (nSPS) is 14.6. The van der Waals surface area contributed by atoms with Gasteiger partial charge in [-0.15, -0.1) is 0 Å². The van der Waals surface area contributed by atoms with Crippen molar-refractivity contribution in [2.24, 2.45) is 0 Å². The van der Waals surface area contributed by atoms with Gasteiger partial charge in [-0.05, 0) is 46.0 Å². The van der Waals surface area contributed by atoms with Gasteiger partial charge < -0.3 is 20.5 Å². The van der Waals surface area contributed by atoms with E-state index in [0.717, 1.165) is 28.3 Å². The highest BCUT2D eigenvalue weighted by atomic mass is 16.7. The van der Waals surface area contributed by atoms with Crippen LogP contribution in [0.1, 0.15) is 30.5 Å². The number of hydrogen-bond donors (Lipinski definition) is 2.